The molecule has 0 atom stereocenters. The minimum absolute atomic E-state index is 0.0495. The second-order valence-electron chi connectivity index (χ2n) is 7.32. The number of anilines is 1. The summed E-state index contributed by atoms with van der Waals surface area (Å²) in [6.45, 7) is -0.523. The molecule has 0 saturated carbocycles. The van der Waals surface area contributed by atoms with Crippen LogP contribution in [0.4, 0.5) is 27.8 Å². The van der Waals surface area contributed by atoms with E-state index in [-0.39, 0.29) is 23.1 Å². The maximum atomic E-state index is 12.9. The van der Waals surface area contributed by atoms with Gasteiger partial charge in [-0.05, 0) is 25.0 Å². The van der Waals surface area contributed by atoms with Crippen LogP contribution in [0.15, 0.2) is 30.6 Å². The Morgan fingerprint density at radius 1 is 1.18 bits per heavy atom. The van der Waals surface area contributed by atoms with Gasteiger partial charge >= 0.3 is 6.18 Å². The molecule has 4 rings (SSSR count). The zero-order valence-corrected chi connectivity index (χ0v) is 17.0. The van der Waals surface area contributed by atoms with Crippen molar-refractivity contribution in [2.75, 3.05) is 25.1 Å². The first-order valence-corrected chi connectivity index (χ1v) is 9.93. The molecule has 1 fully saturated rings. The van der Waals surface area contributed by atoms with Crippen LogP contribution >= 0.6 is 0 Å². The number of alkyl halides is 5. The summed E-state index contributed by atoms with van der Waals surface area (Å²) in [4.78, 5) is 24.4. The molecule has 33 heavy (non-hydrogen) atoms. The maximum Gasteiger partial charge on any atom is 0.422 e. The van der Waals surface area contributed by atoms with Crippen LogP contribution in [0.3, 0.4) is 0 Å². The van der Waals surface area contributed by atoms with Gasteiger partial charge in [0.05, 0.1) is 11.9 Å². The molecule has 176 valence electrons. The Morgan fingerprint density at radius 3 is 2.64 bits per heavy atom. The molecule has 1 N–H and O–H groups in total. The van der Waals surface area contributed by atoms with Gasteiger partial charge < -0.3 is 14.8 Å². The van der Waals surface area contributed by atoms with E-state index in [1.807, 2.05) is 0 Å². The quantitative estimate of drug-likeness (QED) is 0.544. The molecule has 0 bridgehead atoms. The highest BCUT2D eigenvalue weighted by molar-refractivity contribution is 6.02. The molecular weight excluding hydrogens is 453 g/mol. The second kappa shape index (κ2) is 9.25. The normalized spacial score (nSPS) is 15.2. The van der Waals surface area contributed by atoms with Gasteiger partial charge in [-0.25, -0.2) is 18.7 Å². The van der Waals surface area contributed by atoms with Gasteiger partial charge in [0, 0.05) is 25.3 Å². The van der Waals surface area contributed by atoms with Gasteiger partial charge in [0.2, 0.25) is 5.65 Å². The van der Waals surface area contributed by atoms with Crippen LogP contribution < -0.4 is 10.1 Å². The van der Waals surface area contributed by atoms with Crippen molar-refractivity contribution in [1.29, 1.82) is 0 Å². The summed E-state index contributed by atoms with van der Waals surface area (Å²) < 4.78 is 75.5. The highest BCUT2D eigenvalue weighted by atomic mass is 19.4. The number of carbonyl (C=O) groups is 1. The molecule has 1 aliphatic heterocycles. The van der Waals surface area contributed by atoms with Gasteiger partial charge in [-0.2, -0.15) is 18.2 Å². The van der Waals surface area contributed by atoms with Crippen LogP contribution in [0.25, 0.3) is 5.65 Å². The molecule has 0 unspecified atom stereocenters. The molecule has 0 aliphatic carbocycles. The van der Waals surface area contributed by atoms with Gasteiger partial charge in [-0.15, -0.1) is 0 Å². The molecule has 1 saturated heterocycles. The lowest BCUT2D eigenvalue weighted by molar-refractivity contribution is -0.153. The van der Waals surface area contributed by atoms with Gasteiger partial charge in [0.25, 0.3) is 18.2 Å². The second-order valence-corrected chi connectivity index (χ2v) is 7.32. The fourth-order valence-corrected chi connectivity index (χ4v) is 3.37. The zero-order chi connectivity index (χ0) is 23.6. The largest absolute Gasteiger partial charge is 0.465 e. The van der Waals surface area contributed by atoms with Gasteiger partial charge in [0.1, 0.15) is 11.4 Å². The molecule has 1 amide bonds. The predicted octanol–water partition coefficient (Wildman–Crippen LogP) is 4.15. The number of ether oxygens (including phenoxy) is 2. The van der Waals surface area contributed by atoms with Crippen LogP contribution in [0, 0.1) is 0 Å². The Morgan fingerprint density at radius 2 is 1.94 bits per heavy atom. The standard InChI is InChI=1S/C20H18F5N5O3/c21-16(22)12-2-1-3-13(26-12)18(31)28-15-9-30-8-14(11-4-6-32-7-5-11)27-17(30)19(29-15)33-10-20(23,24)25/h1-3,8-9,11,16H,4-7,10H2,(H,28,31). The number of fused-ring (bicyclic) bond motifs is 1. The SMILES string of the molecule is O=C(Nc1cn2cc(C3CCOCC3)nc2c(OCC(F)(F)F)n1)c1cccc(C(F)F)n1. The number of halogens is 5. The van der Waals surface area contributed by atoms with Crippen molar-refractivity contribution in [3.63, 3.8) is 0 Å². The number of nitrogens with zero attached hydrogens (tertiary/aromatic N) is 4. The lowest BCUT2D eigenvalue weighted by atomic mass is 9.97. The molecule has 8 nitrogen and oxygen atoms in total. The third-order valence-electron chi connectivity index (χ3n) is 4.91. The Balaban J connectivity index is 1.65. The number of carbonyl (C=O) groups excluding carboxylic acids is 1. The summed E-state index contributed by atoms with van der Waals surface area (Å²) in [6.07, 6.45) is -3.12. The molecule has 0 spiro atoms. The van der Waals surface area contributed by atoms with Crippen LogP contribution in [0.2, 0.25) is 0 Å². The van der Waals surface area contributed by atoms with Crippen molar-refractivity contribution >= 4 is 17.4 Å². The van der Waals surface area contributed by atoms with Crippen LogP contribution in [0.5, 0.6) is 5.88 Å². The molecule has 0 aromatic carbocycles. The third kappa shape index (κ3) is 5.53. The summed E-state index contributed by atoms with van der Waals surface area (Å²) in [5, 5.41) is 2.36. The number of amides is 1. The van der Waals surface area contributed by atoms with Gasteiger partial charge in [0.15, 0.2) is 12.4 Å². The zero-order valence-electron chi connectivity index (χ0n) is 17.0. The Kier molecular flexibility index (Phi) is 6.40. The molecular formula is C20H18F5N5O3. The van der Waals surface area contributed by atoms with Gasteiger partial charge in [-0.3, -0.25) is 9.20 Å². The molecule has 3 aromatic rings. The van der Waals surface area contributed by atoms with E-state index in [0.717, 1.165) is 6.07 Å². The smallest absolute Gasteiger partial charge is 0.422 e. The highest BCUT2D eigenvalue weighted by Gasteiger charge is 2.30. The molecule has 4 heterocycles. The van der Waals surface area contributed by atoms with Crippen LogP contribution in [-0.4, -0.2) is 51.3 Å². The van der Waals surface area contributed by atoms with Crippen molar-refractivity contribution in [2.45, 2.75) is 31.4 Å². The average molecular weight is 471 g/mol. The van der Waals surface area contributed by atoms with E-state index in [4.69, 9.17) is 9.47 Å². The Labute approximate surface area is 183 Å². The Hall–Kier alpha value is -3.35. The fourth-order valence-electron chi connectivity index (χ4n) is 3.37. The lowest BCUT2D eigenvalue weighted by Gasteiger charge is -2.19. The van der Waals surface area contributed by atoms with Crippen LogP contribution in [0.1, 0.15) is 47.1 Å². The van der Waals surface area contributed by atoms with E-state index in [1.54, 1.807) is 6.20 Å². The van der Waals surface area contributed by atoms with E-state index in [9.17, 15) is 26.7 Å². The first kappa shape index (κ1) is 22.8. The third-order valence-corrected chi connectivity index (χ3v) is 4.91. The highest BCUT2D eigenvalue weighted by Crippen LogP contribution is 2.30. The molecule has 1 aliphatic rings. The van der Waals surface area contributed by atoms with Crippen molar-refractivity contribution in [2.24, 2.45) is 0 Å². The van der Waals surface area contributed by atoms with Crippen molar-refractivity contribution < 1.29 is 36.2 Å². The average Bonchev–Trinajstić information content (AvgIpc) is 3.22. The molecule has 3 aromatic heterocycles. The van der Waals surface area contributed by atoms with Crippen LogP contribution in [-0.2, 0) is 4.74 Å². The number of nitrogens with one attached hydrogen (secondary N) is 1. The number of hydrogen-bond acceptors (Lipinski definition) is 6. The van der Waals surface area contributed by atoms with Crippen molar-refractivity contribution in [3.8, 4) is 5.88 Å². The van der Waals surface area contributed by atoms with E-state index >= 15 is 0 Å². The number of pyridine rings is 1. The van der Waals surface area contributed by atoms with E-state index in [1.165, 1.54) is 22.7 Å². The van der Waals surface area contributed by atoms with Crippen molar-refractivity contribution in [3.05, 3.63) is 47.7 Å². The molecule has 0 radical (unpaired) electrons. The maximum absolute atomic E-state index is 12.9. The number of aromatic nitrogens is 4. The van der Waals surface area contributed by atoms with E-state index in [2.05, 4.69) is 20.3 Å². The van der Waals surface area contributed by atoms with E-state index < -0.39 is 36.7 Å². The summed E-state index contributed by atoms with van der Waals surface area (Å²) >= 11 is 0. The monoisotopic (exact) mass is 471 g/mol. The number of imidazole rings is 1. The number of rotatable bonds is 6. The Bertz CT molecular complexity index is 1140. The van der Waals surface area contributed by atoms with Gasteiger partial charge in [-0.1, -0.05) is 6.07 Å². The lowest BCUT2D eigenvalue weighted by Crippen LogP contribution is -2.21. The summed E-state index contributed by atoms with van der Waals surface area (Å²) in [6, 6.07) is 3.54. The minimum Gasteiger partial charge on any atom is -0.465 e. The molecule has 13 heteroatoms. The minimum atomic E-state index is -4.62. The fraction of sp³-hybridized carbons (Fsp3) is 0.400. The predicted molar refractivity (Wildman–Crippen MR) is 104 cm³/mol. The first-order valence-electron chi connectivity index (χ1n) is 9.93. The topological polar surface area (TPSA) is 90.6 Å². The summed E-state index contributed by atoms with van der Waals surface area (Å²) in [7, 11) is 0. The number of hydrogen-bond donors (Lipinski definition) is 1. The van der Waals surface area contributed by atoms with E-state index in [0.29, 0.717) is 31.7 Å². The summed E-state index contributed by atoms with van der Waals surface area (Å²) in [5.41, 5.74) is -0.208. The first-order chi connectivity index (χ1) is 15.7. The van der Waals surface area contributed by atoms with Crippen molar-refractivity contribution in [1.82, 2.24) is 19.4 Å². The summed E-state index contributed by atoms with van der Waals surface area (Å²) in [5.74, 6) is -1.41.